The molecule has 0 radical (unpaired) electrons. The molecule has 1 aromatic carbocycles. The first-order chi connectivity index (χ1) is 15.3. The minimum atomic E-state index is -0.879. The number of benzene rings is 1. The highest BCUT2D eigenvalue weighted by Gasteiger charge is 2.48. The third-order valence-electron chi connectivity index (χ3n) is 6.04. The molecule has 2 fully saturated rings. The largest absolute Gasteiger partial charge is 0.478 e. The van der Waals surface area contributed by atoms with Crippen LogP contribution in [-0.4, -0.2) is 53.7 Å². The molecule has 8 heteroatoms. The second kappa shape index (κ2) is 8.96. The van der Waals surface area contributed by atoms with Crippen molar-refractivity contribution >= 4 is 23.2 Å². The van der Waals surface area contributed by atoms with E-state index in [1.807, 2.05) is 45.0 Å². The number of nitrogens with one attached hydrogen (secondary N) is 2. The Labute approximate surface area is 188 Å². The molecule has 0 spiro atoms. The molecule has 32 heavy (non-hydrogen) atoms. The van der Waals surface area contributed by atoms with E-state index in [1.54, 1.807) is 23.2 Å². The van der Waals surface area contributed by atoms with Gasteiger partial charge in [-0.2, -0.15) is 5.10 Å². The van der Waals surface area contributed by atoms with Gasteiger partial charge in [-0.1, -0.05) is 20.8 Å². The SMILES string of the molecule is CC(C)(C)C(=O)[C@@]1(Oc2ccc(N(C(=O)[C@H]3CCNC3)c3cccnn3)cc2)CCNC1. The van der Waals surface area contributed by atoms with Gasteiger partial charge in [0, 0.05) is 31.1 Å². The number of aromatic nitrogens is 2. The highest BCUT2D eigenvalue weighted by molar-refractivity contribution is 6.01. The van der Waals surface area contributed by atoms with Gasteiger partial charge in [0.1, 0.15) is 5.75 Å². The number of anilines is 2. The predicted molar refractivity (Wildman–Crippen MR) is 122 cm³/mol. The van der Waals surface area contributed by atoms with Gasteiger partial charge in [0.15, 0.2) is 17.2 Å². The van der Waals surface area contributed by atoms with Gasteiger partial charge in [0.05, 0.1) is 11.6 Å². The van der Waals surface area contributed by atoms with E-state index in [4.69, 9.17) is 4.74 Å². The van der Waals surface area contributed by atoms with Crippen molar-refractivity contribution in [3.8, 4) is 5.75 Å². The summed E-state index contributed by atoms with van der Waals surface area (Å²) in [5.41, 5.74) is -0.692. The number of nitrogens with zero attached hydrogens (tertiary/aromatic N) is 3. The Morgan fingerprint density at radius 1 is 1.12 bits per heavy atom. The lowest BCUT2D eigenvalue weighted by molar-refractivity contribution is -0.141. The van der Waals surface area contributed by atoms with Crippen LogP contribution in [-0.2, 0) is 9.59 Å². The van der Waals surface area contributed by atoms with Crippen LogP contribution in [0, 0.1) is 11.3 Å². The molecule has 2 atom stereocenters. The first-order valence-corrected chi connectivity index (χ1v) is 11.2. The van der Waals surface area contributed by atoms with E-state index in [0.717, 1.165) is 19.5 Å². The standard InChI is InChI=1S/C24H31N5O3/c1-23(2,3)22(31)24(11-14-26-16-24)32-19-8-6-18(7-9-19)29(20-5-4-12-27-28-20)21(30)17-10-13-25-15-17/h4-9,12,17,25-26H,10-11,13-16H2,1-3H3/t17-,24+/m0/s1. The average molecular weight is 438 g/mol. The van der Waals surface area contributed by atoms with E-state index in [-0.39, 0.29) is 17.6 Å². The zero-order valence-corrected chi connectivity index (χ0v) is 18.9. The van der Waals surface area contributed by atoms with Gasteiger partial charge in [-0.15, -0.1) is 5.10 Å². The maximum Gasteiger partial charge on any atom is 0.237 e. The molecule has 2 aliphatic heterocycles. The summed E-state index contributed by atoms with van der Waals surface area (Å²) in [6.45, 7) is 8.48. The minimum absolute atomic E-state index is 0.0106. The number of ketones is 1. The number of Topliss-reactive ketones (excluding diaryl/α,β-unsaturated/α-hetero) is 1. The number of carbonyl (C=O) groups excluding carboxylic acids is 2. The molecule has 2 aliphatic rings. The van der Waals surface area contributed by atoms with Crippen LogP contribution in [0.15, 0.2) is 42.6 Å². The summed E-state index contributed by atoms with van der Waals surface area (Å²) in [5.74, 6) is 1.06. The molecule has 0 aliphatic carbocycles. The molecule has 3 heterocycles. The molecule has 8 nitrogen and oxygen atoms in total. The number of rotatable bonds is 6. The average Bonchev–Trinajstić information content (AvgIpc) is 3.48. The summed E-state index contributed by atoms with van der Waals surface area (Å²) in [7, 11) is 0. The van der Waals surface area contributed by atoms with Crippen LogP contribution in [0.3, 0.4) is 0 Å². The van der Waals surface area contributed by atoms with Gasteiger partial charge in [-0.3, -0.25) is 14.5 Å². The zero-order chi connectivity index (χ0) is 22.8. The number of ether oxygens (including phenoxy) is 1. The number of carbonyl (C=O) groups is 2. The minimum Gasteiger partial charge on any atom is -0.478 e. The third-order valence-corrected chi connectivity index (χ3v) is 6.04. The van der Waals surface area contributed by atoms with E-state index in [9.17, 15) is 9.59 Å². The van der Waals surface area contributed by atoms with Gasteiger partial charge in [0.2, 0.25) is 5.91 Å². The van der Waals surface area contributed by atoms with Crippen LogP contribution >= 0.6 is 0 Å². The summed E-state index contributed by atoms with van der Waals surface area (Å²) >= 11 is 0. The first-order valence-electron chi connectivity index (χ1n) is 11.2. The quantitative estimate of drug-likeness (QED) is 0.717. The number of hydrogen-bond acceptors (Lipinski definition) is 7. The van der Waals surface area contributed by atoms with Gasteiger partial charge in [0.25, 0.3) is 0 Å². The predicted octanol–water partition coefficient (Wildman–Crippen LogP) is 2.48. The van der Waals surface area contributed by atoms with Gasteiger partial charge in [-0.05, 0) is 55.9 Å². The van der Waals surface area contributed by atoms with Crippen molar-refractivity contribution in [1.82, 2.24) is 20.8 Å². The number of amides is 1. The van der Waals surface area contributed by atoms with Crippen LogP contribution in [0.4, 0.5) is 11.5 Å². The highest BCUT2D eigenvalue weighted by atomic mass is 16.5. The molecular formula is C24H31N5O3. The van der Waals surface area contributed by atoms with Gasteiger partial charge >= 0.3 is 0 Å². The van der Waals surface area contributed by atoms with Crippen molar-refractivity contribution in [2.45, 2.75) is 39.2 Å². The maximum atomic E-state index is 13.3. The lowest BCUT2D eigenvalue weighted by Gasteiger charge is -2.34. The lowest BCUT2D eigenvalue weighted by Crippen LogP contribution is -2.51. The molecule has 4 rings (SSSR count). The van der Waals surface area contributed by atoms with Crippen LogP contribution in [0.1, 0.15) is 33.6 Å². The Morgan fingerprint density at radius 3 is 2.47 bits per heavy atom. The molecular weight excluding hydrogens is 406 g/mol. The van der Waals surface area contributed by atoms with Crippen LogP contribution < -0.4 is 20.3 Å². The Bertz CT molecular complexity index is 944. The Kier molecular flexibility index (Phi) is 6.26. The zero-order valence-electron chi connectivity index (χ0n) is 18.9. The van der Waals surface area contributed by atoms with Crippen molar-refractivity contribution in [2.24, 2.45) is 11.3 Å². The van der Waals surface area contributed by atoms with E-state index < -0.39 is 11.0 Å². The van der Waals surface area contributed by atoms with Gasteiger partial charge < -0.3 is 15.4 Å². The van der Waals surface area contributed by atoms with Gasteiger partial charge in [-0.25, -0.2) is 0 Å². The van der Waals surface area contributed by atoms with Crippen LogP contribution in [0.2, 0.25) is 0 Å². The van der Waals surface area contributed by atoms with E-state index in [2.05, 4.69) is 20.8 Å². The van der Waals surface area contributed by atoms with Crippen molar-refractivity contribution in [1.29, 1.82) is 0 Å². The summed E-state index contributed by atoms with van der Waals surface area (Å²) in [6, 6.07) is 10.8. The monoisotopic (exact) mass is 437 g/mol. The summed E-state index contributed by atoms with van der Waals surface area (Å²) in [6.07, 6.45) is 3.01. The molecule has 2 aromatic rings. The smallest absolute Gasteiger partial charge is 0.237 e. The molecule has 2 N–H and O–H groups in total. The lowest BCUT2D eigenvalue weighted by atomic mass is 9.79. The van der Waals surface area contributed by atoms with Crippen LogP contribution in [0.25, 0.3) is 0 Å². The summed E-state index contributed by atoms with van der Waals surface area (Å²) in [5, 5.41) is 14.6. The summed E-state index contributed by atoms with van der Waals surface area (Å²) < 4.78 is 6.30. The second-order valence-corrected chi connectivity index (χ2v) is 9.54. The van der Waals surface area contributed by atoms with Crippen molar-refractivity contribution in [3.63, 3.8) is 0 Å². The van der Waals surface area contributed by atoms with E-state index in [1.165, 1.54) is 0 Å². The van der Waals surface area contributed by atoms with E-state index in [0.29, 0.717) is 36.8 Å². The first kappa shape index (κ1) is 22.4. The Hall–Kier alpha value is -2.84. The topological polar surface area (TPSA) is 96.5 Å². The molecule has 170 valence electrons. The fraction of sp³-hybridized carbons (Fsp3) is 0.500. The Balaban J connectivity index is 1.60. The normalized spacial score (nSPS) is 23.2. The Morgan fingerprint density at radius 2 is 1.91 bits per heavy atom. The molecule has 0 saturated carbocycles. The van der Waals surface area contributed by atoms with Crippen molar-refractivity contribution < 1.29 is 14.3 Å². The molecule has 1 aromatic heterocycles. The fourth-order valence-corrected chi connectivity index (χ4v) is 4.40. The van der Waals surface area contributed by atoms with Crippen molar-refractivity contribution in [2.75, 3.05) is 31.1 Å². The van der Waals surface area contributed by atoms with Crippen molar-refractivity contribution in [3.05, 3.63) is 42.6 Å². The second-order valence-electron chi connectivity index (χ2n) is 9.54. The molecule has 0 unspecified atom stereocenters. The molecule has 0 bridgehead atoms. The summed E-state index contributed by atoms with van der Waals surface area (Å²) in [4.78, 5) is 28.1. The maximum absolute atomic E-state index is 13.3. The van der Waals surface area contributed by atoms with E-state index >= 15 is 0 Å². The number of hydrogen-bond donors (Lipinski definition) is 2. The third kappa shape index (κ3) is 4.52. The molecule has 2 saturated heterocycles. The molecule has 1 amide bonds. The highest BCUT2D eigenvalue weighted by Crippen LogP contribution is 2.34. The fourth-order valence-electron chi connectivity index (χ4n) is 4.40. The van der Waals surface area contributed by atoms with Crippen LogP contribution in [0.5, 0.6) is 5.75 Å².